The number of hydrogen-bond donors (Lipinski definition) is 2. The quantitative estimate of drug-likeness (QED) is 0.786. The smallest absolute Gasteiger partial charge is 0.230 e. The summed E-state index contributed by atoms with van der Waals surface area (Å²) in [6, 6.07) is 3.64. The van der Waals surface area contributed by atoms with Crippen molar-refractivity contribution in [2.45, 2.75) is 20.8 Å². The molecular formula is C13H19N3O. The van der Waals surface area contributed by atoms with E-state index in [1.165, 1.54) is 0 Å². The second kappa shape index (κ2) is 5.48. The number of hydrogen-bond acceptors (Lipinski definition) is 3. The van der Waals surface area contributed by atoms with Crippen molar-refractivity contribution in [2.75, 3.05) is 17.2 Å². The van der Waals surface area contributed by atoms with E-state index in [2.05, 4.69) is 22.2 Å². The molecule has 1 aromatic rings. The molecule has 0 aliphatic heterocycles. The average molecular weight is 233 g/mol. The molecule has 0 fully saturated rings. The fourth-order valence-electron chi connectivity index (χ4n) is 1.07. The highest BCUT2D eigenvalue weighted by Gasteiger charge is 2.21. The Morgan fingerprint density at radius 2 is 2.18 bits per heavy atom. The minimum Gasteiger partial charge on any atom is -0.380 e. The monoisotopic (exact) mass is 233 g/mol. The minimum atomic E-state index is -0.415. The summed E-state index contributed by atoms with van der Waals surface area (Å²) in [7, 11) is 0. The maximum absolute atomic E-state index is 11.7. The molecule has 0 atom stereocenters. The van der Waals surface area contributed by atoms with Gasteiger partial charge in [0.1, 0.15) is 5.82 Å². The van der Waals surface area contributed by atoms with Crippen molar-refractivity contribution < 1.29 is 4.79 Å². The summed E-state index contributed by atoms with van der Waals surface area (Å²) in [5.74, 6) is 0.519. The lowest BCUT2D eigenvalue weighted by Crippen LogP contribution is -2.27. The van der Waals surface area contributed by atoms with E-state index >= 15 is 0 Å². The number of nitrogens with zero attached hydrogens (tertiary/aromatic N) is 1. The van der Waals surface area contributed by atoms with Gasteiger partial charge in [0.05, 0.1) is 11.9 Å². The van der Waals surface area contributed by atoms with Crippen LogP contribution in [-0.2, 0) is 4.79 Å². The van der Waals surface area contributed by atoms with Crippen molar-refractivity contribution in [3.05, 3.63) is 31.0 Å². The van der Waals surface area contributed by atoms with Gasteiger partial charge < -0.3 is 10.6 Å². The van der Waals surface area contributed by atoms with Crippen molar-refractivity contribution in [1.29, 1.82) is 0 Å². The number of anilines is 2. The summed E-state index contributed by atoms with van der Waals surface area (Å²) in [6.45, 7) is 9.90. The molecule has 0 radical (unpaired) electrons. The summed E-state index contributed by atoms with van der Waals surface area (Å²) < 4.78 is 0. The van der Waals surface area contributed by atoms with E-state index < -0.39 is 5.41 Å². The Balaban J connectivity index is 2.62. The van der Waals surface area contributed by atoms with Gasteiger partial charge in [0.15, 0.2) is 0 Å². The number of amides is 1. The second-order valence-corrected chi connectivity index (χ2v) is 4.81. The second-order valence-electron chi connectivity index (χ2n) is 4.81. The van der Waals surface area contributed by atoms with E-state index in [-0.39, 0.29) is 5.91 Å². The van der Waals surface area contributed by atoms with Gasteiger partial charge in [0.25, 0.3) is 0 Å². The van der Waals surface area contributed by atoms with Crippen LogP contribution < -0.4 is 10.6 Å². The maximum atomic E-state index is 11.7. The molecule has 0 saturated carbocycles. The molecule has 1 rings (SSSR count). The van der Waals surface area contributed by atoms with Crippen LogP contribution in [-0.4, -0.2) is 17.4 Å². The highest BCUT2D eigenvalue weighted by molar-refractivity contribution is 5.93. The number of nitrogens with one attached hydrogen (secondary N) is 2. The summed E-state index contributed by atoms with van der Waals surface area (Å²) in [5, 5.41) is 5.88. The maximum Gasteiger partial charge on any atom is 0.230 e. The molecule has 1 aromatic heterocycles. The molecule has 0 aliphatic rings. The van der Waals surface area contributed by atoms with Crippen LogP contribution >= 0.6 is 0 Å². The van der Waals surface area contributed by atoms with E-state index in [1.54, 1.807) is 18.3 Å². The Kier molecular flexibility index (Phi) is 4.26. The number of carbonyl (C=O) groups excluding carboxylic acids is 1. The largest absolute Gasteiger partial charge is 0.380 e. The molecule has 0 aromatic carbocycles. The Bertz CT molecular complexity index is 390. The zero-order valence-electron chi connectivity index (χ0n) is 10.6. The van der Waals surface area contributed by atoms with Gasteiger partial charge >= 0.3 is 0 Å². The van der Waals surface area contributed by atoms with Crippen LogP contribution in [0.25, 0.3) is 0 Å². The number of rotatable bonds is 4. The molecular weight excluding hydrogens is 214 g/mol. The number of aromatic nitrogens is 1. The molecule has 4 nitrogen and oxygen atoms in total. The van der Waals surface area contributed by atoms with Crippen LogP contribution in [0.5, 0.6) is 0 Å². The van der Waals surface area contributed by atoms with Crippen molar-refractivity contribution in [3.63, 3.8) is 0 Å². The molecule has 1 amide bonds. The Labute approximate surface area is 102 Å². The van der Waals surface area contributed by atoms with Crippen LogP contribution in [0, 0.1) is 5.41 Å². The summed E-state index contributed by atoms with van der Waals surface area (Å²) in [4.78, 5) is 15.9. The first-order valence-electron chi connectivity index (χ1n) is 5.56. The number of carbonyl (C=O) groups is 1. The molecule has 0 unspecified atom stereocenters. The zero-order valence-corrected chi connectivity index (χ0v) is 10.6. The van der Waals surface area contributed by atoms with Crippen LogP contribution in [0.4, 0.5) is 11.5 Å². The predicted octanol–water partition coefficient (Wildman–Crippen LogP) is 2.66. The van der Waals surface area contributed by atoms with Gasteiger partial charge in [-0.2, -0.15) is 0 Å². The van der Waals surface area contributed by atoms with Crippen LogP contribution in [0.2, 0.25) is 0 Å². The van der Waals surface area contributed by atoms with Crippen molar-refractivity contribution >= 4 is 17.4 Å². The third-order valence-electron chi connectivity index (χ3n) is 2.14. The molecule has 4 heteroatoms. The van der Waals surface area contributed by atoms with Gasteiger partial charge in [-0.05, 0) is 12.1 Å². The highest BCUT2D eigenvalue weighted by atomic mass is 16.2. The lowest BCUT2D eigenvalue weighted by molar-refractivity contribution is -0.123. The SMILES string of the molecule is C=CCNc1ccc(NC(=O)C(C)(C)C)nc1. The van der Waals surface area contributed by atoms with E-state index in [0.717, 1.165) is 5.69 Å². The molecule has 0 saturated heterocycles. The van der Waals surface area contributed by atoms with Crippen LogP contribution in [0.1, 0.15) is 20.8 Å². The first kappa shape index (κ1) is 13.2. The normalized spacial score (nSPS) is 10.8. The fourth-order valence-corrected chi connectivity index (χ4v) is 1.07. The third-order valence-corrected chi connectivity index (χ3v) is 2.14. The number of pyridine rings is 1. The van der Waals surface area contributed by atoms with Gasteiger partial charge in [-0.3, -0.25) is 4.79 Å². The van der Waals surface area contributed by atoms with Crippen molar-refractivity contribution in [1.82, 2.24) is 4.98 Å². The third kappa shape index (κ3) is 4.26. The van der Waals surface area contributed by atoms with Gasteiger partial charge in [0.2, 0.25) is 5.91 Å². The van der Waals surface area contributed by atoms with Gasteiger partial charge in [-0.15, -0.1) is 6.58 Å². The Morgan fingerprint density at radius 1 is 1.47 bits per heavy atom. The topological polar surface area (TPSA) is 54.0 Å². The lowest BCUT2D eigenvalue weighted by atomic mass is 9.96. The molecule has 2 N–H and O–H groups in total. The van der Waals surface area contributed by atoms with Crippen molar-refractivity contribution in [2.24, 2.45) is 5.41 Å². The summed E-state index contributed by atoms with van der Waals surface area (Å²) in [6.07, 6.45) is 3.46. The summed E-state index contributed by atoms with van der Waals surface area (Å²) >= 11 is 0. The average Bonchev–Trinajstić information content (AvgIpc) is 2.27. The first-order chi connectivity index (χ1) is 7.93. The van der Waals surface area contributed by atoms with E-state index in [1.807, 2.05) is 26.8 Å². The minimum absolute atomic E-state index is 0.0446. The highest BCUT2D eigenvalue weighted by Crippen LogP contribution is 2.16. The zero-order chi connectivity index (χ0) is 12.9. The van der Waals surface area contributed by atoms with Gasteiger partial charge in [-0.25, -0.2) is 4.98 Å². The molecule has 17 heavy (non-hydrogen) atoms. The van der Waals surface area contributed by atoms with E-state index in [0.29, 0.717) is 12.4 Å². The lowest BCUT2D eigenvalue weighted by Gasteiger charge is -2.17. The van der Waals surface area contributed by atoms with E-state index in [9.17, 15) is 4.79 Å². The molecule has 0 spiro atoms. The van der Waals surface area contributed by atoms with E-state index in [4.69, 9.17) is 0 Å². The molecule has 92 valence electrons. The van der Waals surface area contributed by atoms with Crippen molar-refractivity contribution in [3.8, 4) is 0 Å². The van der Waals surface area contributed by atoms with Crippen LogP contribution in [0.15, 0.2) is 31.0 Å². The molecule has 0 aliphatic carbocycles. The Hall–Kier alpha value is -1.84. The Morgan fingerprint density at radius 3 is 2.65 bits per heavy atom. The summed E-state index contributed by atoms with van der Waals surface area (Å²) in [5.41, 5.74) is 0.486. The molecule has 0 bridgehead atoms. The first-order valence-corrected chi connectivity index (χ1v) is 5.56. The molecule has 1 heterocycles. The predicted molar refractivity (Wildman–Crippen MR) is 71.0 cm³/mol. The fraction of sp³-hybridized carbons (Fsp3) is 0.385. The van der Waals surface area contributed by atoms with Crippen LogP contribution in [0.3, 0.4) is 0 Å². The standard InChI is InChI=1S/C13H19N3O/c1-5-8-14-10-6-7-11(15-9-10)16-12(17)13(2,3)4/h5-7,9,14H,1,8H2,2-4H3,(H,15,16,17). The van der Waals surface area contributed by atoms with Gasteiger partial charge in [0, 0.05) is 12.0 Å². The van der Waals surface area contributed by atoms with Gasteiger partial charge in [-0.1, -0.05) is 26.8 Å².